The van der Waals surface area contributed by atoms with Crippen molar-refractivity contribution in [3.8, 4) is 0 Å². The van der Waals surface area contributed by atoms with Crippen molar-refractivity contribution in [2.24, 2.45) is 5.92 Å². The summed E-state index contributed by atoms with van der Waals surface area (Å²) in [5.74, 6) is 0.324. The van der Waals surface area contributed by atoms with Gasteiger partial charge in [0.15, 0.2) is 0 Å². The second-order valence-corrected chi connectivity index (χ2v) is 2.63. The van der Waals surface area contributed by atoms with E-state index in [1.165, 1.54) is 5.54 Å². The zero-order chi connectivity index (χ0) is 7.40. The fourth-order valence-electron chi connectivity index (χ4n) is 1.09. The van der Waals surface area contributed by atoms with Crippen molar-refractivity contribution in [1.29, 1.82) is 0 Å². The lowest BCUT2D eigenvalue weighted by atomic mass is 10.1. The number of hydrogen-bond donors (Lipinski definition) is 1. The van der Waals surface area contributed by atoms with Crippen molar-refractivity contribution in [3.63, 3.8) is 0 Å². The largest absolute Gasteiger partial charge is 0.356 e. The van der Waals surface area contributed by atoms with Gasteiger partial charge in [0, 0.05) is 18.0 Å². The van der Waals surface area contributed by atoms with E-state index < -0.39 is 0 Å². The molecule has 0 aromatic rings. The third kappa shape index (κ3) is 1.74. The van der Waals surface area contributed by atoms with Crippen LogP contribution >= 0.6 is 11.6 Å². The Bertz CT molecular complexity index is 156. The van der Waals surface area contributed by atoms with Crippen molar-refractivity contribution in [3.05, 3.63) is 11.6 Å². The number of amides is 1. The Labute approximate surface area is 65.2 Å². The van der Waals surface area contributed by atoms with Gasteiger partial charge in [0.05, 0.1) is 0 Å². The topological polar surface area (TPSA) is 29.1 Å². The van der Waals surface area contributed by atoms with Crippen LogP contribution in [0.2, 0.25) is 0 Å². The maximum Gasteiger partial charge on any atom is 0.223 e. The summed E-state index contributed by atoms with van der Waals surface area (Å²) in [6.45, 7) is 0.819. The first-order valence-corrected chi connectivity index (χ1v) is 3.81. The van der Waals surface area contributed by atoms with Gasteiger partial charge in [0.25, 0.3) is 0 Å². The van der Waals surface area contributed by atoms with Crippen LogP contribution in [-0.4, -0.2) is 12.5 Å². The Morgan fingerprint density at radius 3 is 3.10 bits per heavy atom. The standard InChI is InChI=1S/C7H10ClNO/c8-4-1-2-6-3-5-9-7(6)10/h1,4,6H,2-3,5H2,(H,9,10)/b4-1+. The first-order valence-electron chi connectivity index (χ1n) is 3.37. The molecule has 0 radical (unpaired) electrons. The molecule has 1 unspecified atom stereocenters. The van der Waals surface area contributed by atoms with E-state index >= 15 is 0 Å². The number of rotatable bonds is 2. The highest BCUT2D eigenvalue weighted by Crippen LogP contribution is 2.13. The number of hydrogen-bond acceptors (Lipinski definition) is 1. The normalized spacial score (nSPS) is 25.7. The molecule has 1 saturated heterocycles. The molecule has 2 nitrogen and oxygen atoms in total. The maximum atomic E-state index is 10.9. The van der Waals surface area contributed by atoms with E-state index in [0.717, 1.165) is 19.4 Å². The predicted molar refractivity (Wildman–Crippen MR) is 40.7 cm³/mol. The van der Waals surface area contributed by atoms with Gasteiger partial charge >= 0.3 is 0 Å². The highest BCUT2D eigenvalue weighted by atomic mass is 35.5. The molecule has 0 aliphatic carbocycles. The molecule has 1 aliphatic heterocycles. The molecule has 1 fully saturated rings. The molecule has 1 N–H and O–H groups in total. The summed E-state index contributed by atoms with van der Waals surface area (Å²) in [6.07, 6.45) is 3.53. The van der Waals surface area contributed by atoms with E-state index in [4.69, 9.17) is 11.6 Å². The highest BCUT2D eigenvalue weighted by molar-refractivity contribution is 6.25. The molecular weight excluding hydrogens is 150 g/mol. The van der Waals surface area contributed by atoms with Crippen molar-refractivity contribution in [2.75, 3.05) is 6.54 Å². The van der Waals surface area contributed by atoms with E-state index in [1.807, 2.05) is 6.08 Å². The summed E-state index contributed by atoms with van der Waals surface area (Å²) >= 11 is 5.32. The van der Waals surface area contributed by atoms with Crippen LogP contribution in [-0.2, 0) is 4.79 Å². The second kappa shape index (κ2) is 3.62. The summed E-state index contributed by atoms with van der Waals surface area (Å²) in [5, 5.41) is 2.76. The van der Waals surface area contributed by atoms with Crippen LogP contribution in [0.1, 0.15) is 12.8 Å². The Morgan fingerprint density at radius 2 is 2.60 bits per heavy atom. The van der Waals surface area contributed by atoms with Crippen molar-refractivity contribution >= 4 is 17.5 Å². The average molecular weight is 160 g/mol. The van der Waals surface area contributed by atoms with Crippen LogP contribution in [0.15, 0.2) is 11.6 Å². The third-order valence-corrected chi connectivity index (χ3v) is 1.85. The average Bonchev–Trinajstić information content (AvgIpc) is 2.31. The molecule has 10 heavy (non-hydrogen) atoms. The minimum Gasteiger partial charge on any atom is -0.356 e. The summed E-state index contributed by atoms with van der Waals surface area (Å²) in [6, 6.07) is 0. The molecule has 1 amide bonds. The van der Waals surface area contributed by atoms with Gasteiger partial charge in [-0.15, -0.1) is 0 Å². The van der Waals surface area contributed by atoms with E-state index in [1.54, 1.807) is 0 Å². The highest BCUT2D eigenvalue weighted by Gasteiger charge is 2.21. The first kappa shape index (κ1) is 7.61. The monoisotopic (exact) mass is 159 g/mol. The van der Waals surface area contributed by atoms with E-state index in [2.05, 4.69) is 5.32 Å². The Kier molecular flexibility index (Phi) is 2.75. The van der Waals surface area contributed by atoms with Gasteiger partial charge in [-0.1, -0.05) is 17.7 Å². The molecular formula is C7H10ClNO. The number of halogens is 1. The molecule has 0 bridgehead atoms. The minimum absolute atomic E-state index is 0.162. The smallest absolute Gasteiger partial charge is 0.223 e. The van der Waals surface area contributed by atoms with Crippen LogP contribution in [0.4, 0.5) is 0 Å². The van der Waals surface area contributed by atoms with Gasteiger partial charge in [0.2, 0.25) is 5.91 Å². The summed E-state index contributed by atoms with van der Waals surface area (Å²) in [7, 11) is 0. The SMILES string of the molecule is O=C1NCCC1C/C=C/Cl. The fourth-order valence-corrected chi connectivity index (χ4v) is 1.19. The third-order valence-electron chi connectivity index (χ3n) is 1.67. The molecule has 56 valence electrons. The van der Waals surface area contributed by atoms with Gasteiger partial charge in [0.1, 0.15) is 0 Å². The minimum atomic E-state index is 0.162. The summed E-state index contributed by atoms with van der Waals surface area (Å²) < 4.78 is 0. The van der Waals surface area contributed by atoms with E-state index in [-0.39, 0.29) is 11.8 Å². The lowest BCUT2D eigenvalue weighted by Crippen LogP contribution is -2.18. The Morgan fingerprint density at radius 1 is 1.80 bits per heavy atom. The molecule has 1 atom stereocenters. The molecule has 1 aliphatic rings. The van der Waals surface area contributed by atoms with Gasteiger partial charge < -0.3 is 5.32 Å². The molecule has 0 spiro atoms. The second-order valence-electron chi connectivity index (χ2n) is 2.37. The van der Waals surface area contributed by atoms with Crippen LogP contribution in [0, 0.1) is 5.92 Å². The number of allylic oxidation sites excluding steroid dienone is 1. The molecule has 1 heterocycles. The van der Waals surface area contributed by atoms with Gasteiger partial charge in [-0.2, -0.15) is 0 Å². The van der Waals surface area contributed by atoms with Crippen LogP contribution < -0.4 is 5.32 Å². The van der Waals surface area contributed by atoms with E-state index in [9.17, 15) is 4.79 Å². The van der Waals surface area contributed by atoms with Crippen molar-refractivity contribution in [2.45, 2.75) is 12.8 Å². The van der Waals surface area contributed by atoms with Gasteiger partial charge in [-0.3, -0.25) is 4.79 Å². The quantitative estimate of drug-likeness (QED) is 0.646. The number of nitrogens with one attached hydrogen (secondary N) is 1. The molecule has 3 heteroatoms. The first-order chi connectivity index (χ1) is 4.84. The van der Waals surface area contributed by atoms with E-state index in [0.29, 0.717) is 0 Å². The van der Waals surface area contributed by atoms with Gasteiger partial charge in [-0.25, -0.2) is 0 Å². The number of carbonyl (C=O) groups excluding carboxylic acids is 1. The van der Waals surface area contributed by atoms with Crippen molar-refractivity contribution < 1.29 is 4.79 Å². The zero-order valence-corrected chi connectivity index (χ0v) is 6.40. The zero-order valence-electron chi connectivity index (χ0n) is 5.64. The Hall–Kier alpha value is -0.500. The van der Waals surface area contributed by atoms with Crippen LogP contribution in [0.5, 0.6) is 0 Å². The summed E-state index contributed by atoms with van der Waals surface area (Å²) in [5.41, 5.74) is 1.46. The maximum absolute atomic E-state index is 10.9. The van der Waals surface area contributed by atoms with Crippen molar-refractivity contribution in [1.82, 2.24) is 5.32 Å². The summed E-state index contributed by atoms with van der Waals surface area (Å²) in [4.78, 5) is 10.9. The molecule has 0 aromatic heterocycles. The molecule has 0 saturated carbocycles. The van der Waals surface area contributed by atoms with Gasteiger partial charge in [-0.05, 0) is 12.8 Å². The lowest BCUT2D eigenvalue weighted by molar-refractivity contribution is -0.122. The molecule has 0 aromatic carbocycles. The van der Waals surface area contributed by atoms with Crippen LogP contribution in [0.3, 0.4) is 0 Å². The van der Waals surface area contributed by atoms with Crippen LogP contribution in [0.25, 0.3) is 0 Å². The lowest BCUT2D eigenvalue weighted by Gasteiger charge is -1.99. The predicted octanol–water partition coefficient (Wildman–Crippen LogP) is 1.27. The molecule has 1 rings (SSSR count). The number of carbonyl (C=O) groups is 1. The Balaban J connectivity index is 2.33. The fraction of sp³-hybridized carbons (Fsp3) is 0.571.